The second kappa shape index (κ2) is 9.73. The lowest BCUT2D eigenvalue weighted by atomic mass is 9.84. The standard InChI is InChI=1S/C24H12Cl7N3O6/c25-11-7-5-10(6-8-11)14(35)9-32(19(36)12-3-1-2-4-13(12)34(39)40)33-20(37)15-16(21(33)38)23(29)18(27)17(26)22(15,28)24(23,30)31/h1-8,15-16H,9H2/t15-,16+,22-,23-/m1/s1. The third kappa shape index (κ3) is 3.68. The summed E-state index contributed by atoms with van der Waals surface area (Å²) < 4.78 is -2.23. The average Bonchev–Trinajstić information content (AvgIpc) is 3.30. The first kappa shape index (κ1) is 29.4. The molecule has 1 heterocycles. The van der Waals surface area contributed by atoms with E-state index in [1.165, 1.54) is 36.4 Å². The van der Waals surface area contributed by atoms with Crippen LogP contribution in [-0.4, -0.2) is 59.1 Å². The van der Waals surface area contributed by atoms with Crippen molar-refractivity contribution >= 4 is 110 Å². The number of halogens is 7. The number of ketones is 1. The number of nitro groups is 1. The third-order valence-electron chi connectivity index (χ3n) is 7.15. The van der Waals surface area contributed by atoms with Gasteiger partial charge in [-0.25, -0.2) is 5.01 Å². The predicted octanol–water partition coefficient (Wildman–Crippen LogP) is 5.94. The van der Waals surface area contributed by atoms with Gasteiger partial charge in [-0.2, -0.15) is 5.01 Å². The van der Waals surface area contributed by atoms with Crippen LogP contribution in [0.5, 0.6) is 0 Å². The van der Waals surface area contributed by atoms with Gasteiger partial charge in [0, 0.05) is 16.7 Å². The molecule has 2 aromatic rings. The third-order valence-corrected chi connectivity index (χ3v) is 11.7. The van der Waals surface area contributed by atoms with Gasteiger partial charge in [-0.3, -0.25) is 29.3 Å². The van der Waals surface area contributed by atoms with Crippen LogP contribution in [0.25, 0.3) is 0 Å². The number of para-hydroxylation sites is 1. The Balaban J connectivity index is 1.63. The number of Topliss-reactive ketones (excluding diaryl/α,β-unsaturated/α-hetero) is 1. The van der Waals surface area contributed by atoms with Gasteiger partial charge in [0.2, 0.25) is 0 Å². The molecule has 0 aromatic heterocycles. The molecule has 4 atom stereocenters. The Labute approximate surface area is 260 Å². The van der Waals surface area contributed by atoms with Crippen molar-refractivity contribution in [1.29, 1.82) is 0 Å². The summed E-state index contributed by atoms with van der Waals surface area (Å²) in [5, 5.41) is 12.2. The number of carbonyl (C=O) groups excluding carboxylic acids is 4. The highest BCUT2D eigenvalue weighted by Crippen LogP contribution is 2.77. The van der Waals surface area contributed by atoms with Crippen LogP contribution in [0.4, 0.5) is 5.69 Å². The van der Waals surface area contributed by atoms with Crippen molar-refractivity contribution in [3.05, 3.63) is 84.9 Å². The second-order valence-corrected chi connectivity index (χ2v) is 12.8. The number of carbonyl (C=O) groups is 4. The Morgan fingerprint density at radius 1 is 0.875 bits per heavy atom. The van der Waals surface area contributed by atoms with Crippen molar-refractivity contribution in [3.63, 3.8) is 0 Å². The van der Waals surface area contributed by atoms with Crippen molar-refractivity contribution in [2.75, 3.05) is 6.54 Å². The van der Waals surface area contributed by atoms with Crippen molar-refractivity contribution in [2.45, 2.75) is 14.1 Å². The monoisotopic (exact) mass is 683 g/mol. The molecule has 0 spiro atoms. The summed E-state index contributed by atoms with van der Waals surface area (Å²) in [6.45, 7) is -0.893. The number of rotatable bonds is 6. The molecule has 0 N–H and O–H groups in total. The first-order valence-corrected chi connectivity index (χ1v) is 13.8. The maximum Gasteiger partial charge on any atom is 0.282 e. The van der Waals surface area contributed by atoms with Crippen LogP contribution in [0.2, 0.25) is 5.02 Å². The lowest BCUT2D eigenvalue weighted by Crippen LogP contribution is -2.56. The van der Waals surface area contributed by atoms with Gasteiger partial charge < -0.3 is 0 Å². The molecule has 2 fully saturated rings. The SMILES string of the molecule is O=C(CN(C(=O)c1ccccc1[N+](=O)[O-])N1C(=O)[C@@H]2[C@H](C1=O)[C@@]1(Cl)C(Cl)=C(Cl)[C@@]2(Cl)C1(Cl)Cl)c1ccc(Cl)cc1. The molecule has 16 heteroatoms. The zero-order valence-corrected chi connectivity index (χ0v) is 24.7. The number of amides is 3. The minimum atomic E-state index is -2.23. The van der Waals surface area contributed by atoms with E-state index in [0.717, 1.165) is 12.1 Å². The summed E-state index contributed by atoms with van der Waals surface area (Å²) in [6.07, 6.45) is 0. The van der Waals surface area contributed by atoms with E-state index < -0.39 is 72.1 Å². The maximum atomic E-state index is 13.9. The van der Waals surface area contributed by atoms with Gasteiger partial charge in [-0.05, 0) is 30.3 Å². The molecule has 2 aromatic carbocycles. The molecule has 1 aliphatic heterocycles. The molecular formula is C24H12Cl7N3O6. The summed E-state index contributed by atoms with van der Waals surface area (Å²) in [4.78, 5) is 61.3. The number of alkyl halides is 4. The predicted molar refractivity (Wildman–Crippen MR) is 149 cm³/mol. The van der Waals surface area contributed by atoms with E-state index in [-0.39, 0.29) is 15.6 Å². The van der Waals surface area contributed by atoms with Crippen LogP contribution < -0.4 is 0 Å². The maximum absolute atomic E-state index is 13.9. The van der Waals surface area contributed by atoms with Crippen molar-refractivity contribution in [1.82, 2.24) is 10.0 Å². The van der Waals surface area contributed by atoms with Crippen molar-refractivity contribution in [3.8, 4) is 0 Å². The van der Waals surface area contributed by atoms with E-state index >= 15 is 0 Å². The number of imide groups is 1. The van der Waals surface area contributed by atoms with E-state index in [0.29, 0.717) is 15.0 Å². The molecule has 40 heavy (non-hydrogen) atoms. The number of fused-ring (bicyclic) bond motifs is 5. The number of benzene rings is 2. The number of nitro benzene ring substituents is 1. The van der Waals surface area contributed by atoms with Gasteiger partial charge in [0.1, 0.15) is 21.9 Å². The number of nitrogens with zero attached hydrogens (tertiary/aromatic N) is 3. The number of hydrogen-bond acceptors (Lipinski definition) is 6. The van der Waals surface area contributed by atoms with Gasteiger partial charge in [0.05, 0.1) is 26.8 Å². The first-order chi connectivity index (χ1) is 18.6. The fraction of sp³-hybridized carbons (Fsp3) is 0.250. The molecule has 208 valence electrons. The summed E-state index contributed by atoms with van der Waals surface area (Å²) in [5.74, 6) is -7.37. The molecule has 1 saturated carbocycles. The van der Waals surface area contributed by atoms with Crippen LogP contribution in [0.1, 0.15) is 20.7 Å². The van der Waals surface area contributed by atoms with Crippen LogP contribution >= 0.6 is 81.2 Å². The van der Waals surface area contributed by atoms with Crippen LogP contribution in [-0.2, 0) is 9.59 Å². The van der Waals surface area contributed by atoms with E-state index in [9.17, 15) is 29.3 Å². The minimum Gasteiger partial charge on any atom is -0.292 e. The molecule has 3 aliphatic rings. The van der Waals surface area contributed by atoms with E-state index in [1.54, 1.807) is 0 Å². The average molecular weight is 687 g/mol. The molecule has 3 amide bonds. The lowest BCUT2D eigenvalue weighted by molar-refractivity contribution is -0.385. The quantitative estimate of drug-likeness (QED) is 0.122. The molecule has 9 nitrogen and oxygen atoms in total. The molecule has 1 saturated heterocycles. The van der Waals surface area contributed by atoms with Gasteiger partial charge in [-0.1, -0.05) is 70.1 Å². The van der Waals surface area contributed by atoms with Gasteiger partial charge >= 0.3 is 0 Å². The van der Waals surface area contributed by atoms with Crippen molar-refractivity contribution in [2.24, 2.45) is 11.8 Å². The fourth-order valence-electron chi connectivity index (χ4n) is 5.27. The minimum absolute atomic E-state index is 0.0695. The summed E-state index contributed by atoms with van der Waals surface area (Å²) >= 11 is 45.0. The number of hydrogen-bond donors (Lipinski definition) is 0. The summed E-state index contributed by atoms with van der Waals surface area (Å²) in [5.41, 5.74) is -1.07. The topological polar surface area (TPSA) is 118 Å². The Morgan fingerprint density at radius 3 is 1.88 bits per heavy atom. The Morgan fingerprint density at radius 2 is 1.38 bits per heavy atom. The first-order valence-electron chi connectivity index (χ1n) is 11.2. The normalized spacial score (nSPS) is 28.2. The smallest absolute Gasteiger partial charge is 0.282 e. The largest absolute Gasteiger partial charge is 0.292 e. The Bertz CT molecular complexity index is 1520. The molecule has 0 radical (unpaired) electrons. The van der Waals surface area contributed by atoms with E-state index in [1.807, 2.05) is 0 Å². The van der Waals surface area contributed by atoms with Crippen LogP contribution in [0, 0.1) is 22.0 Å². The highest BCUT2D eigenvalue weighted by atomic mass is 35.5. The number of allylic oxidation sites excluding steroid dienone is 2. The second-order valence-electron chi connectivity index (χ2n) is 9.14. The molecular weight excluding hydrogens is 674 g/mol. The summed E-state index contributed by atoms with van der Waals surface area (Å²) in [6, 6.07) is 10.4. The van der Waals surface area contributed by atoms with E-state index in [2.05, 4.69) is 0 Å². The zero-order valence-electron chi connectivity index (χ0n) is 19.4. The van der Waals surface area contributed by atoms with Crippen LogP contribution in [0.15, 0.2) is 58.6 Å². The number of hydrazine groups is 1. The molecule has 2 bridgehead atoms. The van der Waals surface area contributed by atoms with Gasteiger partial charge in [-0.15, -0.1) is 23.2 Å². The summed E-state index contributed by atoms with van der Waals surface area (Å²) in [7, 11) is 0. The Hall–Kier alpha value is -2.11. The molecule has 2 aliphatic carbocycles. The van der Waals surface area contributed by atoms with Crippen molar-refractivity contribution < 1.29 is 24.1 Å². The van der Waals surface area contributed by atoms with Crippen LogP contribution in [0.3, 0.4) is 0 Å². The zero-order chi connectivity index (χ0) is 29.5. The molecule has 5 rings (SSSR count). The highest BCUT2D eigenvalue weighted by Gasteiger charge is 2.88. The van der Waals surface area contributed by atoms with Gasteiger partial charge in [0.25, 0.3) is 23.4 Å². The molecule has 0 unspecified atom stereocenters. The van der Waals surface area contributed by atoms with E-state index in [4.69, 9.17) is 81.2 Å². The Kier molecular flexibility index (Phi) is 7.15. The fourth-order valence-corrected chi connectivity index (χ4v) is 8.32. The van der Waals surface area contributed by atoms with Gasteiger partial charge in [0.15, 0.2) is 10.1 Å². The lowest BCUT2D eigenvalue weighted by Gasteiger charge is -2.36. The highest BCUT2D eigenvalue weighted by molar-refractivity contribution is 6.66.